The average Bonchev–Trinajstić information content (AvgIpc) is 2.12. The van der Waals surface area contributed by atoms with E-state index >= 15 is 0 Å². The second-order valence-corrected chi connectivity index (χ2v) is 6.69. The van der Waals surface area contributed by atoms with Crippen LogP contribution in [-0.2, 0) is 0 Å². The highest BCUT2D eigenvalue weighted by molar-refractivity contribution is 8.00. The maximum Gasteiger partial charge on any atom is 0.0252 e. The van der Waals surface area contributed by atoms with E-state index in [0.717, 1.165) is 18.3 Å². The molecule has 15 heavy (non-hydrogen) atoms. The van der Waals surface area contributed by atoms with Crippen LogP contribution in [0.1, 0.15) is 34.6 Å². The topological polar surface area (TPSA) is 15.3 Å². The summed E-state index contributed by atoms with van der Waals surface area (Å²) in [6, 6.07) is 0.710. The number of thioether (sulfide) groups is 1. The number of hydrogen-bond donors (Lipinski definition) is 1. The van der Waals surface area contributed by atoms with E-state index in [1.54, 1.807) is 0 Å². The van der Waals surface area contributed by atoms with Crippen molar-refractivity contribution in [1.29, 1.82) is 0 Å². The summed E-state index contributed by atoms with van der Waals surface area (Å²) in [5.41, 5.74) is 0.241. The fraction of sp³-hybridized carbons (Fsp3) is 1.00. The van der Waals surface area contributed by atoms with E-state index in [-0.39, 0.29) is 5.54 Å². The van der Waals surface area contributed by atoms with Crippen LogP contribution < -0.4 is 5.32 Å². The second-order valence-electron chi connectivity index (χ2n) is 5.20. The third-order valence-electron chi connectivity index (χ3n) is 3.27. The zero-order valence-electron chi connectivity index (χ0n) is 10.8. The number of nitrogens with one attached hydrogen (secondary N) is 1. The molecule has 1 aliphatic rings. The van der Waals surface area contributed by atoms with Crippen LogP contribution >= 0.6 is 11.8 Å². The molecule has 2 unspecified atom stereocenters. The summed E-state index contributed by atoms with van der Waals surface area (Å²) < 4.78 is 0. The van der Waals surface area contributed by atoms with Crippen LogP contribution in [-0.4, -0.2) is 47.1 Å². The first-order valence-electron chi connectivity index (χ1n) is 6.07. The molecule has 0 bridgehead atoms. The van der Waals surface area contributed by atoms with Gasteiger partial charge in [-0.05, 0) is 27.3 Å². The monoisotopic (exact) mass is 230 g/mol. The molecular weight excluding hydrogens is 204 g/mol. The Morgan fingerprint density at radius 1 is 1.40 bits per heavy atom. The predicted molar refractivity (Wildman–Crippen MR) is 70.7 cm³/mol. The number of likely N-dealkylation sites (N-methyl/N-ethyl adjacent to an activating group) is 1. The molecule has 0 spiro atoms. The number of hydrogen-bond acceptors (Lipinski definition) is 3. The summed E-state index contributed by atoms with van der Waals surface area (Å²) in [6.07, 6.45) is 0. The summed E-state index contributed by atoms with van der Waals surface area (Å²) in [5, 5.41) is 4.33. The van der Waals surface area contributed by atoms with Crippen molar-refractivity contribution in [2.45, 2.75) is 51.4 Å². The Labute approximate surface area is 99.2 Å². The highest BCUT2D eigenvalue weighted by atomic mass is 32.2. The fourth-order valence-corrected chi connectivity index (χ4v) is 3.42. The molecule has 0 radical (unpaired) electrons. The highest BCUT2D eigenvalue weighted by Crippen LogP contribution is 2.25. The largest absolute Gasteiger partial charge is 0.311 e. The molecule has 3 heteroatoms. The first-order valence-corrected chi connectivity index (χ1v) is 7.12. The molecule has 1 rings (SSSR count). The lowest BCUT2D eigenvalue weighted by molar-refractivity contribution is 0.160. The molecule has 0 saturated carbocycles. The quantitative estimate of drug-likeness (QED) is 0.797. The van der Waals surface area contributed by atoms with Crippen molar-refractivity contribution in [3.63, 3.8) is 0 Å². The first-order chi connectivity index (χ1) is 6.96. The minimum atomic E-state index is 0.241. The Bertz CT molecular complexity index is 194. The van der Waals surface area contributed by atoms with Crippen molar-refractivity contribution in [1.82, 2.24) is 10.2 Å². The van der Waals surface area contributed by atoms with E-state index < -0.39 is 0 Å². The van der Waals surface area contributed by atoms with Gasteiger partial charge in [0.25, 0.3) is 0 Å². The molecule has 0 aliphatic carbocycles. The van der Waals surface area contributed by atoms with Gasteiger partial charge in [0.15, 0.2) is 0 Å². The lowest BCUT2D eigenvalue weighted by Gasteiger charge is -2.42. The molecule has 0 aromatic heterocycles. The SMILES string of the molecule is CCNC(C)(C)CN1CCSC(C)C1C. The first kappa shape index (κ1) is 13.3. The third-order valence-corrected chi connectivity index (χ3v) is 4.61. The van der Waals surface area contributed by atoms with E-state index in [1.807, 2.05) is 0 Å². The van der Waals surface area contributed by atoms with Crippen LogP contribution in [0.5, 0.6) is 0 Å². The van der Waals surface area contributed by atoms with Crippen molar-refractivity contribution in [2.24, 2.45) is 0 Å². The third kappa shape index (κ3) is 3.97. The van der Waals surface area contributed by atoms with Gasteiger partial charge in [-0.3, -0.25) is 4.90 Å². The molecule has 1 fully saturated rings. The standard InChI is InChI=1S/C12H26N2S/c1-6-13-12(4,5)9-14-7-8-15-11(3)10(14)2/h10-11,13H,6-9H2,1-5H3. The van der Waals surface area contributed by atoms with Crippen LogP contribution in [0.15, 0.2) is 0 Å². The zero-order chi connectivity index (χ0) is 11.5. The van der Waals surface area contributed by atoms with E-state index in [0.29, 0.717) is 6.04 Å². The molecular formula is C12H26N2S. The van der Waals surface area contributed by atoms with Crippen LogP contribution in [0.4, 0.5) is 0 Å². The summed E-state index contributed by atoms with van der Waals surface area (Å²) in [6.45, 7) is 14.9. The zero-order valence-corrected chi connectivity index (χ0v) is 11.7. The van der Waals surface area contributed by atoms with Crippen molar-refractivity contribution in [2.75, 3.05) is 25.4 Å². The van der Waals surface area contributed by atoms with Crippen molar-refractivity contribution in [3.05, 3.63) is 0 Å². The lowest BCUT2D eigenvalue weighted by Crippen LogP contribution is -2.55. The summed E-state index contributed by atoms with van der Waals surface area (Å²) in [7, 11) is 0. The second kappa shape index (κ2) is 5.55. The van der Waals surface area contributed by atoms with Crippen LogP contribution in [0.3, 0.4) is 0 Å². The van der Waals surface area contributed by atoms with Gasteiger partial charge in [0.1, 0.15) is 0 Å². The van der Waals surface area contributed by atoms with Crippen molar-refractivity contribution >= 4 is 11.8 Å². The van der Waals surface area contributed by atoms with Crippen LogP contribution in [0.2, 0.25) is 0 Å². The van der Waals surface area contributed by atoms with E-state index in [4.69, 9.17) is 0 Å². The summed E-state index contributed by atoms with van der Waals surface area (Å²) >= 11 is 2.11. The Kier molecular flexibility index (Phi) is 4.94. The Balaban J connectivity index is 2.49. The molecule has 0 aromatic carbocycles. The maximum atomic E-state index is 3.56. The van der Waals surface area contributed by atoms with Crippen molar-refractivity contribution < 1.29 is 0 Å². The molecule has 0 aromatic rings. The highest BCUT2D eigenvalue weighted by Gasteiger charge is 2.29. The van der Waals surface area contributed by atoms with Crippen molar-refractivity contribution in [3.8, 4) is 0 Å². The summed E-state index contributed by atoms with van der Waals surface area (Å²) in [5.74, 6) is 1.29. The van der Waals surface area contributed by atoms with E-state index in [1.165, 1.54) is 12.3 Å². The van der Waals surface area contributed by atoms with Gasteiger partial charge in [0.05, 0.1) is 0 Å². The Morgan fingerprint density at radius 2 is 2.07 bits per heavy atom. The average molecular weight is 230 g/mol. The van der Waals surface area contributed by atoms with Crippen LogP contribution in [0, 0.1) is 0 Å². The molecule has 1 aliphatic heterocycles. The molecule has 1 N–H and O–H groups in total. The fourth-order valence-electron chi connectivity index (χ4n) is 2.26. The van der Waals surface area contributed by atoms with Gasteiger partial charge in [0, 0.05) is 35.7 Å². The Morgan fingerprint density at radius 3 is 2.67 bits per heavy atom. The molecule has 2 atom stereocenters. The van der Waals surface area contributed by atoms with Gasteiger partial charge >= 0.3 is 0 Å². The van der Waals surface area contributed by atoms with Gasteiger partial charge in [0.2, 0.25) is 0 Å². The Hall–Kier alpha value is 0.270. The molecule has 2 nitrogen and oxygen atoms in total. The molecule has 1 heterocycles. The number of nitrogens with zero attached hydrogens (tertiary/aromatic N) is 1. The van der Waals surface area contributed by atoms with Gasteiger partial charge in [-0.15, -0.1) is 0 Å². The normalized spacial score (nSPS) is 29.4. The summed E-state index contributed by atoms with van der Waals surface area (Å²) in [4.78, 5) is 2.63. The van der Waals surface area contributed by atoms with Gasteiger partial charge < -0.3 is 5.32 Å². The minimum Gasteiger partial charge on any atom is -0.311 e. The van der Waals surface area contributed by atoms with Gasteiger partial charge in [-0.2, -0.15) is 11.8 Å². The lowest BCUT2D eigenvalue weighted by atomic mass is 10.0. The minimum absolute atomic E-state index is 0.241. The van der Waals surface area contributed by atoms with E-state index in [9.17, 15) is 0 Å². The number of rotatable bonds is 4. The molecule has 0 amide bonds. The van der Waals surface area contributed by atoms with Gasteiger partial charge in [-0.1, -0.05) is 13.8 Å². The molecule has 90 valence electrons. The van der Waals surface area contributed by atoms with Gasteiger partial charge in [-0.25, -0.2) is 0 Å². The van der Waals surface area contributed by atoms with Crippen LogP contribution in [0.25, 0.3) is 0 Å². The van der Waals surface area contributed by atoms with E-state index in [2.05, 4.69) is 56.6 Å². The maximum absolute atomic E-state index is 3.56. The molecule has 1 saturated heterocycles. The predicted octanol–water partition coefficient (Wildman–Crippen LogP) is 2.20. The smallest absolute Gasteiger partial charge is 0.0252 e.